The second kappa shape index (κ2) is 5.50. The Bertz CT molecular complexity index is 333. The number of rotatable bonds is 2. The van der Waals surface area contributed by atoms with Gasteiger partial charge in [-0.3, -0.25) is 9.80 Å². The van der Waals surface area contributed by atoms with Gasteiger partial charge in [0.15, 0.2) is 0 Å². The maximum absolute atomic E-state index is 13.7. The first kappa shape index (κ1) is 16.1. The third-order valence-electron chi connectivity index (χ3n) is 4.79. The van der Waals surface area contributed by atoms with E-state index in [9.17, 15) is 13.9 Å². The van der Waals surface area contributed by atoms with E-state index in [0.717, 1.165) is 25.9 Å². The Kier molecular flexibility index (Phi) is 4.43. The van der Waals surface area contributed by atoms with E-state index in [1.807, 2.05) is 4.90 Å². The molecule has 2 aliphatic heterocycles. The van der Waals surface area contributed by atoms with Gasteiger partial charge in [0, 0.05) is 37.1 Å². The van der Waals surface area contributed by atoms with Crippen molar-refractivity contribution in [2.75, 3.05) is 19.6 Å². The van der Waals surface area contributed by atoms with Gasteiger partial charge in [0.2, 0.25) is 0 Å². The molecule has 0 aromatic heterocycles. The van der Waals surface area contributed by atoms with Gasteiger partial charge in [0.05, 0.1) is 12.6 Å². The number of piperidine rings is 1. The Balaban J connectivity index is 1.99. The third-order valence-corrected chi connectivity index (χ3v) is 4.79. The minimum Gasteiger partial charge on any atom is -0.392 e. The van der Waals surface area contributed by atoms with Gasteiger partial charge < -0.3 is 5.11 Å². The summed E-state index contributed by atoms with van der Waals surface area (Å²) in [7, 11) is 0. The standard InChI is InChI=1S/C15H28F2N2O/c1-11(20)13-9-15(16,17)10-19(13)12-5-7-18(8-6-12)14(2,3)4/h11-13,20H,5-10H2,1-4H3/t11?,13-/m1/s1. The lowest BCUT2D eigenvalue weighted by atomic mass is 9.96. The minimum atomic E-state index is -2.65. The van der Waals surface area contributed by atoms with Crippen LogP contribution in [0.4, 0.5) is 8.78 Å². The zero-order chi connectivity index (χ0) is 15.1. The van der Waals surface area contributed by atoms with E-state index < -0.39 is 18.1 Å². The molecule has 5 heteroatoms. The lowest BCUT2D eigenvalue weighted by Crippen LogP contribution is -2.53. The van der Waals surface area contributed by atoms with Gasteiger partial charge in [-0.2, -0.15) is 0 Å². The molecule has 0 amide bonds. The number of halogens is 2. The summed E-state index contributed by atoms with van der Waals surface area (Å²) in [6, 6.07) is -0.210. The summed E-state index contributed by atoms with van der Waals surface area (Å²) in [5, 5.41) is 9.78. The van der Waals surface area contributed by atoms with E-state index in [1.165, 1.54) is 0 Å². The van der Waals surface area contributed by atoms with Crippen molar-refractivity contribution in [3.63, 3.8) is 0 Å². The number of aliphatic hydroxyl groups is 1. The highest BCUT2D eigenvalue weighted by atomic mass is 19.3. The van der Waals surface area contributed by atoms with Crippen molar-refractivity contribution in [2.24, 2.45) is 0 Å². The van der Waals surface area contributed by atoms with Crippen molar-refractivity contribution in [1.29, 1.82) is 0 Å². The molecule has 0 radical (unpaired) electrons. The van der Waals surface area contributed by atoms with E-state index in [1.54, 1.807) is 6.92 Å². The van der Waals surface area contributed by atoms with E-state index in [2.05, 4.69) is 25.7 Å². The molecule has 2 heterocycles. The molecule has 1 unspecified atom stereocenters. The highest BCUT2D eigenvalue weighted by molar-refractivity contribution is 4.98. The van der Waals surface area contributed by atoms with Crippen LogP contribution in [0.1, 0.15) is 47.0 Å². The predicted molar refractivity (Wildman–Crippen MR) is 76.1 cm³/mol. The molecule has 2 fully saturated rings. The maximum Gasteiger partial charge on any atom is 0.262 e. The molecule has 2 saturated heterocycles. The van der Waals surface area contributed by atoms with E-state index in [0.29, 0.717) is 0 Å². The number of nitrogens with zero attached hydrogens (tertiary/aromatic N) is 2. The van der Waals surface area contributed by atoms with Crippen LogP contribution < -0.4 is 0 Å². The van der Waals surface area contributed by atoms with Gasteiger partial charge in [0.1, 0.15) is 0 Å². The first-order chi connectivity index (χ1) is 9.10. The Morgan fingerprint density at radius 1 is 1.20 bits per heavy atom. The molecule has 0 spiro atoms. The van der Waals surface area contributed by atoms with Crippen molar-refractivity contribution >= 4 is 0 Å². The molecule has 0 saturated carbocycles. The molecule has 0 aliphatic carbocycles. The topological polar surface area (TPSA) is 26.7 Å². The summed E-state index contributed by atoms with van der Waals surface area (Å²) >= 11 is 0. The SMILES string of the molecule is CC(O)[C@H]1CC(F)(F)CN1C1CCN(C(C)(C)C)CC1. The predicted octanol–water partition coefficient (Wildman–Crippen LogP) is 2.34. The van der Waals surface area contributed by atoms with E-state index >= 15 is 0 Å². The number of hydrogen-bond donors (Lipinski definition) is 1. The molecule has 2 aliphatic rings. The van der Waals surface area contributed by atoms with E-state index in [-0.39, 0.29) is 24.5 Å². The third kappa shape index (κ3) is 3.49. The summed E-state index contributed by atoms with van der Waals surface area (Å²) < 4.78 is 27.3. The van der Waals surface area contributed by atoms with Crippen molar-refractivity contribution in [1.82, 2.24) is 9.80 Å². The van der Waals surface area contributed by atoms with Crippen molar-refractivity contribution in [3.8, 4) is 0 Å². The lowest BCUT2D eigenvalue weighted by molar-refractivity contribution is -0.00353. The van der Waals surface area contributed by atoms with Crippen LogP contribution in [0.2, 0.25) is 0 Å². The van der Waals surface area contributed by atoms with Crippen LogP contribution in [-0.4, -0.2) is 64.2 Å². The summed E-state index contributed by atoms with van der Waals surface area (Å²) in [4.78, 5) is 4.28. The molecule has 2 rings (SSSR count). The van der Waals surface area contributed by atoms with Gasteiger partial charge >= 0.3 is 0 Å². The normalized spacial score (nSPS) is 31.6. The average molecular weight is 290 g/mol. The minimum absolute atomic E-state index is 0.142. The molecular weight excluding hydrogens is 262 g/mol. The lowest BCUT2D eigenvalue weighted by Gasteiger charge is -2.44. The van der Waals surface area contributed by atoms with Gasteiger partial charge in [-0.25, -0.2) is 8.78 Å². The zero-order valence-electron chi connectivity index (χ0n) is 13.1. The second-order valence-electron chi connectivity index (χ2n) is 7.43. The molecule has 3 nitrogen and oxygen atoms in total. The Morgan fingerprint density at radius 2 is 1.75 bits per heavy atom. The first-order valence-electron chi connectivity index (χ1n) is 7.67. The molecule has 2 atom stereocenters. The monoisotopic (exact) mass is 290 g/mol. The quantitative estimate of drug-likeness (QED) is 0.845. The Hall–Kier alpha value is -0.260. The van der Waals surface area contributed by atoms with Crippen LogP contribution in [0.5, 0.6) is 0 Å². The van der Waals surface area contributed by atoms with Crippen LogP contribution in [0, 0.1) is 0 Å². The number of likely N-dealkylation sites (tertiary alicyclic amines) is 2. The smallest absolute Gasteiger partial charge is 0.262 e. The van der Waals surface area contributed by atoms with Gasteiger partial charge in [-0.1, -0.05) is 0 Å². The van der Waals surface area contributed by atoms with Crippen molar-refractivity contribution in [3.05, 3.63) is 0 Å². The number of alkyl halides is 2. The van der Waals surface area contributed by atoms with Gasteiger partial charge in [0.25, 0.3) is 5.92 Å². The van der Waals surface area contributed by atoms with Crippen LogP contribution in [-0.2, 0) is 0 Å². The van der Waals surface area contributed by atoms with E-state index in [4.69, 9.17) is 0 Å². The van der Waals surface area contributed by atoms with Gasteiger partial charge in [-0.15, -0.1) is 0 Å². The summed E-state index contributed by atoms with van der Waals surface area (Å²) in [5.41, 5.74) is 0.142. The molecule has 0 aromatic rings. The molecule has 0 aromatic carbocycles. The van der Waals surface area contributed by atoms with Crippen molar-refractivity contribution in [2.45, 2.75) is 76.6 Å². The molecule has 118 valence electrons. The number of hydrogen-bond acceptors (Lipinski definition) is 3. The first-order valence-corrected chi connectivity index (χ1v) is 7.67. The fourth-order valence-corrected chi connectivity index (χ4v) is 3.59. The fraction of sp³-hybridized carbons (Fsp3) is 1.00. The van der Waals surface area contributed by atoms with Crippen LogP contribution >= 0.6 is 0 Å². The Morgan fingerprint density at radius 3 is 2.20 bits per heavy atom. The summed E-state index contributed by atoms with van der Waals surface area (Å²) in [6.07, 6.45) is 0.932. The zero-order valence-corrected chi connectivity index (χ0v) is 13.1. The molecule has 1 N–H and O–H groups in total. The second-order valence-corrected chi connectivity index (χ2v) is 7.43. The van der Waals surface area contributed by atoms with Crippen LogP contribution in [0.15, 0.2) is 0 Å². The molecular formula is C15H28F2N2O. The molecule has 20 heavy (non-hydrogen) atoms. The highest BCUT2D eigenvalue weighted by Gasteiger charge is 2.49. The van der Waals surface area contributed by atoms with Crippen LogP contribution in [0.25, 0.3) is 0 Å². The molecule has 0 bridgehead atoms. The Labute approximate surface area is 120 Å². The summed E-state index contributed by atoms with van der Waals surface area (Å²) in [6.45, 7) is 9.90. The van der Waals surface area contributed by atoms with Crippen LogP contribution in [0.3, 0.4) is 0 Å². The maximum atomic E-state index is 13.7. The highest BCUT2D eigenvalue weighted by Crippen LogP contribution is 2.37. The fourth-order valence-electron chi connectivity index (χ4n) is 3.59. The van der Waals surface area contributed by atoms with Gasteiger partial charge in [-0.05, 0) is 40.5 Å². The number of aliphatic hydroxyl groups excluding tert-OH is 1. The average Bonchev–Trinajstić information content (AvgIpc) is 2.65. The summed E-state index contributed by atoms with van der Waals surface area (Å²) in [5.74, 6) is -2.65. The largest absolute Gasteiger partial charge is 0.392 e. The van der Waals surface area contributed by atoms with Crippen molar-refractivity contribution < 1.29 is 13.9 Å².